The molecule has 3 unspecified atom stereocenters. The van der Waals surface area contributed by atoms with Gasteiger partial charge in [-0.05, 0) is 60.7 Å². The quantitative estimate of drug-likeness (QED) is 0.600. The Morgan fingerprint density at radius 3 is 2.53 bits per heavy atom. The summed E-state index contributed by atoms with van der Waals surface area (Å²) in [4.78, 5) is 12.9. The Morgan fingerprint density at radius 2 is 1.78 bits per heavy atom. The molecule has 3 aromatic rings. The zero-order valence-electron chi connectivity index (χ0n) is 17.8. The highest BCUT2D eigenvalue weighted by Gasteiger charge is 2.56. The molecule has 32 heavy (non-hydrogen) atoms. The van der Waals surface area contributed by atoms with E-state index in [1.54, 1.807) is 18.2 Å². The number of methoxy groups -OCH3 is 1. The largest absolute Gasteiger partial charge is 0.495 e. The highest BCUT2D eigenvalue weighted by atomic mass is 32.2. The van der Waals surface area contributed by atoms with Crippen LogP contribution >= 0.6 is 0 Å². The third kappa shape index (κ3) is 3.62. The van der Waals surface area contributed by atoms with Crippen LogP contribution < -0.4 is 14.8 Å². The molecule has 0 radical (unpaired) electrons. The second-order valence-corrected chi connectivity index (χ2v) is 10.1. The van der Waals surface area contributed by atoms with E-state index in [0.717, 1.165) is 12.0 Å². The van der Waals surface area contributed by atoms with E-state index in [1.807, 2.05) is 31.2 Å². The number of carbonyl (C=O) groups excluding carboxylic acids is 1. The summed E-state index contributed by atoms with van der Waals surface area (Å²) in [7, 11) is -2.54. The van der Waals surface area contributed by atoms with Gasteiger partial charge in [-0.25, -0.2) is 8.42 Å². The second kappa shape index (κ2) is 7.67. The zero-order chi connectivity index (χ0) is 22.5. The zero-order valence-corrected chi connectivity index (χ0v) is 18.6. The monoisotopic (exact) mass is 448 g/mol. The fourth-order valence-electron chi connectivity index (χ4n) is 4.64. The number of rotatable bonds is 6. The van der Waals surface area contributed by atoms with Crippen molar-refractivity contribution in [3.63, 3.8) is 0 Å². The average Bonchev–Trinajstić information content (AvgIpc) is 3.30. The lowest BCUT2D eigenvalue weighted by Gasteiger charge is -2.14. The number of ether oxygens (including phenoxy) is 1. The molecule has 1 fully saturated rings. The molecule has 0 saturated heterocycles. The number of hydrogen-bond acceptors (Lipinski definition) is 4. The summed E-state index contributed by atoms with van der Waals surface area (Å²) >= 11 is 0. The molecule has 0 spiro atoms. The fraction of sp³-hybridized carbons (Fsp3) is 0.240. The van der Waals surface area contributed by atoms with Crippen LogP contribution in [0, 0.1) is 12.8 Å². The molecule has 7 heteroatoms. The summed E-state index contributed by atoms with van der Waals surface area (Å²) in [5.41, 5.74) is 4.41. The molecule has 3 aromatic carbocycles. The standard InChI is InChI=1S/C25H24N2O4S/c1-15-7-10-18(11-8-15)27-32(29,30)22-14-17(9-12-21(22)31-2)25(28)26-24-20-13-16-5-3-4-6-19(16)23(20)24/h3-12,14,20,23-24,27H,13H2,1-2H3,(H,26,28). The summed E-state index contributed by atoms with van der Waals surface area (Å²) in [5.74, 6) is 0.663. The second-order valence-electron chi connectivity index (χ2n) is 8.43. The lowest BCUT2D eigenvalue weighted by atomic mass is 10.0. The molecule has 6 nitrogen and oxygen atoms in total. The molecule has 0 heterocycles. The number of carbonyl (C=O) groups is 1. The molecule has 5 rings (SSSR count). The number of nitrogens with one attached hydrogen (secondary N) is 2. The Bertz CT molecular complexity index is 1300. The number of anilines is 1. The molecule has 2 N–H and O–H groups in total. The van der Waals surface area contributed by atoms with Crippen molar-refractivity contribution in [2.24, 2.45) is 5.92 Å². The van der Waals surface area contributed by atoms with Gasteiger partial charge in [-0.1, -0.05) is 42.0 Å². The van der Waals surface area contributed by atoms with Crippen LogP contribution in [0.5, 0.6) is 5.75 Å². The number of aryl methyl sites for hydroxylation is 1. The van der Waals surface area contributed by atoms with E-state index in [0.29, 0.717) is 17.5 Å². The number of sulfonamides is 1. The van der Waals surface area contributed by atoms with Gasteiger partial charge in [-0.2, -0.15) is 0 Å². The summed E-state index contributed by atoms with van der Waals surface area (Å²) in [6.07, 6.45) is 0.967. The van der Waals surface area contributed by atoms with Gasteiger partial charge in [0.15, 0.2) is 0 Å². The van der Waals surface area contributed by atoms with Gasteiger partial charge in [0.25, 0.3) is 15.9 Å². The first-order valence-corrected chi connectivity index (χ1v) is 12.0. The van der Waals surface area contributed by atoms with Crippen LogP contribution in [-0.4, -0.2) is 27.5 Å². The number of hydrogen-bond donors (Lipinski definition) is 2. The van der Waals surface area contributed by atoms with Crippen LogP contribution in [0.2, 0.25) is 0 Å². The molecule has 1 saturated carbocycles. The van der Waals surface area contributed by atoms with Gasteiger partial charge in [-0.3, -0.25) is 9.52 Å². The molecule has 2 aliphatic carbocycles. The van der Waals surface area contributed by atoms with Crippen molar-refractivity contribution in [3.05, 3.63) is 89.0 Å². The molecule has 0 aliphatic heterocycles. The molecule has 3 atom stereocenters. The maximum absolute atomic E-state index is 13.0. The topological polar surface area (TPSA) is 84.5 Å². The minimum Gasteiger partial charge on any atom is -0.495 e. The molecule has 0 bridgehead atoms. The first-order chi connectivity index (χ1) is 15.4. The number of amides is 1. The number of benzene rings is 3. The maximum atomic E-state index is 13.0. The predicted octanol–water partition coefficient (Wildman–Crippen LogP) is 3.87. The van der Waals surface area contributed by atoms with E-state index in [2.05, 4.69) is 22.2 Å². The first-order valence-electron chi connectivity index (χ1n) is 10.5. The Hall–Kier alpha value is -3.32. The van der Waals surface area contributed by atoms with Crippen LogP contribution in [0.3, 0.4) is 0 Å². The van der Waals surface area contributed by atoms with E-state index < -0.39 is 10.0 Å². The SMILES string of the molecule is COc1ccc(C(=O)NC2C3Cc4ccccc4C32)cc1S(=O)(=O)Nc1ccc(C)cc1. The first kappa shape index (κ1) is 20.6. The molecule has 164 valence electrons. The maximum Gasteiger partial charge on any atom is 0.265 e. The predicted molar refractivity (Wildman–Crippen MR) is 123 cm³/mol. The van der Waals surface area contributed by atoms with Crippen molar-refractivity contribution in [1.29, 1.82) is 0 Å². The van der Waals surface area contributed by atoms with E-state index in [-0.39, 0.29) is 28.2 Å². The summed E-state index contributed by atoms with van der Waals surface area (Å²) in [6.45, 7) is 1.93. The normalized spacial score (nSPS) is 20.8. The Labute approximate surface area is 187 Å². The lowest BCUT2D eigenvalue weighted by Crippen LogP contribution is -2.29. The van der Waals surface area contributed by atoms with E-state index in [9.17, 15) is 13.2 Å². The third-order valence-corrected chi connectivity index (χ3v) is 7.76. The van der Waals surface area contributed by atoms with Crippen LogP contribution in [0.1, 0.15) is 33.0 Å². The molecule has 0 aromatic heterocycles. The van der Waals surface area contributed by atoms with Gasteiger partial charge >= 0.3 is 0 Å². The van der Waals surface area contributed by atoms with Crippen LogP contribution in [0.4, 0.5) is 5.69 Å². The van der Waals surface area contributed by atoms with Gasteiger partial charge in [0.2, 0.25) is 0 Å². The van der Waals surface area contributed by atoms with E-state index in [4.69, 9.17) is 4.74 Å². The van der Waals surface area contributed by atoms with Gasteiger partial charge in [-0.15, -0.1) is 0 Å². The van der Waals surface area contributed by atoms with Gasteiger partial charge < -0.3 is 10.1 Å². The Morgan fingerprint density at radius 1 is 1.03 bits per heavy atom. The van der Waals surface area contributed by atoms with E-state index in [1.165, 1.54) is 30.4 Å². The summed E-state index contributed by atoms with van der Waals surface area (Å²) in [5, 5.41) is 3.09. The van der Waals surface area contributed by atoms with Crippen molar-refractivity contribution >= 4 is 21.6 Å². The van der Waals surface area contributed by atoms with Crippen LogP contribution in [0.15, 0.2) is 71.6 Å². The third-order valence-electron chi connectivity index (χ3n) is 6.36. The van der Waals surface area contributed by atoms with Crippen LogP contribution in [-0.2, 0) is 16.4 Å². The highest BCUT2D eigenvalue weighted by molar-refractivity contribution is 7.92. The average molecular weight is 449 g/mol. The Balaban J connectivity index is 1.36. The smallest absolute Gasteiger partial charge is 0.265 e. The van der Waals surface area contributed by atoms with Crippen molar-refractivity contribution < 1.29 is 17.9 Å². The van der Waals surface area contributed by atoms with Crippen molar-refractivity contribution in [2.45, 2.75) is 30.2 Å². The van der Waals surface area contributed by atoms with Gasteiger partial charge in [0.05, 0.1) is 7.11 Å². The molecule has 2 aliphatic rings. The highest BCUT2D eigenvalue weighted by Crippen LogP contribution is 2.56. The van der Waals surface area contributed by atoms with Crippen molar-refractivity contribution in [2.75, 3.05) is 11.8 Å². The molecule has 1 amide bonds. The fourth-order valence-corrected chi connectivity index (χ4v) is 5.90. The van der Waals surface area contributed by atoms with Gasteiger partial charge in [0.1, 0.15) is 10.6 Å². The summed E-state index contributed by atoms with van der Waals surface area (Å²) < 4.78 is 33.9. The minimum absolute atomic E-state index is 0.0745. The lowest BCUT2D eigenvalue weighted by molar-refractivity contribution is 0.0948. The molecular weight excluding hydrogens is 424 g/mol. The van der Waals surface area contributed by atoms with Crippen molar-refractivity contribution in [1.82, 2.24) is 5.32 Å². The molecular formula is C25H24N2O4S. The number of fused-ring (bicyclic) bond motifs is 3. The van der Waals surface area contributed by atoms with Gasteiger partial charge in [0, 0.05) is 23.2 Å². The Kier molecular flexibility index (Phi) is 4.93. The minimum atomic E-state index is -3.95. The van der Waals surface area contributed by atoms with Crippen LogP contribution in [0.25, 0.3) is 0 Å². The van der Waals surface area contributed by atoms with E-state index >= 15 is 0 Å². The van der Waals surface area contributed by atoms with Crippen molar-refractivity contribution in [3.8, 4) is 5.75 Å². The summed E-state index contributed by atoms with van der Waals surface area (Å²) in [6, 6.07) is 19.9.